The minimum Gasteiger partial charge on any atom is -0.495 e. The van der Waals surface area contributed by atoms with Crippen molar-refractivity contribution in [2.45, 2.75) is 36.6 Å². The lowest BCUT2D eigenvalue weighted by molar-refractivity contribution is -0.385. The molecule has 0 spiro atoms. The van der Waals surface area contributed by atoms with Crippen LogP contribution in [-0.4, -0.2) is 30.2 Å². The van der Waals surface area contributed by atoms with Crippen molar-refractivity contribution in [3.8, 4) is 5.75 Å². The first kappa shape index (κ1) is 16.1. The van der Waals surface area contributed by atoms with E-state index in [9.17, 15) is 14.9 Å². The highest BCUT2D eigenvalue weighted by Crippen LogP contribution is 2.45. The highest BCUT2D eigenvalue weighted by molar-refractivity contribution is 7.98. The molecular formula is C16H20N2O4S. The van der Waals surface area contributed by atoms with Crippen molar-refractivity contribution in [2.24, 2.45) is 11.8 Å². The predicted molar refractivity (Wildman–Crippen MR) is 88.1 cm³/mol. The molecule has 3 rings (SSSR count). The molecule has 6 nitrogen and oxygen atoms in total. The Morgan fingerprint density at radius 2 is 1.96 bits per heavy atom. The molecule has 124 valence electrons. The SMILES string of the molecule is COc1cc([N+](=O)[O-])c(C(=O)NC(C2CC2)C2CC2)cc1SC. The summed E-state index contributed by atoms with van der Waals surface area (Å²) >= 11 is 1.40. The number of nitro groups is 1. The number of carbonyl (C=O) groups is 1. The van der Waals surface area contributed by atoms with Gasteiger partial charge in [0.15, 0.2) is 0 Å². The van der Waals surface area contributed by atoms with Crippen LogP contribution in [0.5, 0.6) is 5.75 Å². The molecule has 1 aromatic carbocycles. The Hall–Kier alpha value is -1.76. The van der Waals surface area contributed by atoms with Crippen molar-refractivity contribution in [3.63, 3.8) is 0 Å². The molecule has 2 fully saturated rings. The van der Waals surface area contributed by atoms with Gasteiger partial charge < -0.3 is 10.1 Å². The number of hydrogen-bond donors (Lipinski definition) is 1. The molecule has 7 heteroatoms. The molecule has 2 saturated carbocycles. The van der Waals surface area contributed by atoms with Crippen LogP contribution < -0.4 is 10.1 Å². The van der Waals surface area contributed by atoms with Gasteiger partial charge >= 0.3 is 0 Å². The fourth-order valence-corrected chi connectivity index (χ4v) is 3.54. The molecule has 0 unspecified atom stereocenters. The van der Waals surface area contributed by atoms with E-state index >= 15 is 0 Å². The lowest BCUT2D eigenvalue weighted by Crippen LogP contribution is -2.38. The maximum absolute atomic E-state index is 12.6. The van der Waals surface area contributed by atoms with E-state index in [4.69, 9.17) is 4.74 Å². The Labute approximate surface area is 139 Å². The standard InChI is InChI=1S/C16H20N2O4S/c1-22-13-8-12(18(20)21)11(7-14(13)23-2)16(19)17-15(9-3-4-9)10-5-6-10/h7-10,15H,3-6H2,1-2H3,(H,17,19). The molecule has 0 heterocycles. The van der Waals surface area contributed by atoms with Gasteiger partial charge in [-0.05, 0) is 49.8 Å². The summed E-state index contributed by atoms with van der Waals surface area (Å²) in [4.78, 5) is 24.2. The zero-order valence-electron chi connectivity index (χ0n) is 13.2. The maximum Gasteiger partial charge on any atom is 0.285 e. The van der Waals surface area contributed by atoms with Crippen LogP contribution in [0.25, 0.3) is 0 Å². The van der Waals surface area contributed by atoms with Crippen LogP contribution >= 0.6 is 11.8 Å². The van der Waals surface area contributed by atoms with E-state index in [0.717, 1.165) is 30.6 Å². The number of nitrogens with zero attached hydrogens (tertiary/aromatic N) is 1. The third-order valence-electron chi connectivity index (χ3n) is 4.50. The lowest BCUT2D eigenvalue weighted by Gasteiger charge is -2.18. The van der Waals surface area contributed by atoms with Crippen molar-refractivity contribution in [1.82, 2.24) is 5.32 Å². The molecule has 1 N–H and O–H groups in total. The third-order valence-corrected chi connectivity index (χ3v) is 5.26. The summed E-state index contributed by atoms with van der Waals surface area (Å²) < 4.78 is 5.18. The van der Waals surface area contributed by atoms with E-state index in [0.29, 0.717) is 17.6 Å². The van der Waals surface area contributed by atoms with Gasteiger partial charge in [0.2, 0.25) is 0 Å². The maximum atomic E-state index is 12.6. The van der Waals surface area contributed by atoms with E-state index < -0.39 is 4.92 Å². The molecule has 1 aromatic rings. The second kappa shape index (κ2) is 6.39. The van der Waals surface area contributed by atoms with Gasteiger partial charge in [-0.25, -0.2) is 0 Å². The number of carbonyl (C=O) groups excluding carboxylic acids is 1. The van der Waals surface area contributed by atoms with Gasteiger partial charge in [-0.3, -0.25) is 14.9 Å². The number of nitro benzene ring substituents is 1. The number of thioether (sulfide) groups is 1. The van der Waals surface area contributed by atoms with Crippen molar-refractivity contribution in [1.29, 1.82) is 0 Å². The van der Waals surface area contributed by atoms with E-state index in [-0.39, 0.29) is 23.2 Å². The third kappa shape index (κ3) is 3.44. The van der Waals surface area contributed by atoms with Gasteiger partial charge in [0.1, 0.15) is 11.3 Å². The van der Waals surface area contributed by atoms with Crippen LogP contribution in [0.15, 0.2) is 17.0 Å². The van der Waals surface area contributed by atoms with Gasteiger partial charge in [0, 0.05) is 6.04 Å². The molecule has 0 aliphatic heterocycles. The Morgan fingerprint density at radius 1 is 1.35 bits per heavy atom. The summed E-state index contributed by atoms with van der Waals surface area (Å²) in [7, 11) is 1.47. The van der Waals surface area contributed by atoms with Crippen molar-refractivity contribution in [2.75, 3.05) is 13.4 Å². The van der Waals surface area contributed by atoms with Gasteiger partial charge in [-0.2, -0.15) is 0 Å². The molecule has 2 aliphatic rings. The molecule has 0 atom stereocenters. The van der Waals surface area contributed by atoms with Crippen LogP contribution in [0.3, 0.4) is 0 Å². The molecule has 0 radical (unpaired) electrons. The zero-order chi connectivity index (χ0) is 16.6. The minimum atomic E-state index is -0.523. The largest absolute Gasteiger partial charge is 0.495 e. The first-order valence-corrected chi connectivity index (χ1v) is 8.99. The van der Waals surface area contributed by atoms with E-state index in [1.807, 2.05) is 6.26 Å². The fourth-order valence-electron chi connectivity index (χ4n) is 2.96. The number of methoxy groups -OCH3 is 1. The average Bonchev–Trinajstić information content (AvgIpc) is 3.43. The number of ether oxygens (including phenoxy) is 1. The minimum absolute atomic E-state index is 0.117. The fraction of sp³-hybridized carbons (Fsp3) is 0.562. The summed E-state index contributed by atoms with van der Waals surface area (Å²) in [5.41, 5.74) is -0.0889. The number of hydrogen-bond acceptors (Lipinski definition) is 5. The van der Waals surface area contributed by atoms with Crippen molar-refractivity contribution >= 4 is 23.4 Å². The van der Waals surface area contributed by atoms with Crippen LogP contribution in [0, 0.1) is 22.0 Å². The molecular weight excluding hydrogens is 316 g/mol. The quantitative estimate of drug-likeness (QED) is 0.469. The molecule has 0 aromatic heterocycles. The summed E-state index contributed by atoms with van der Waals surface area (Å²) in [5.74, 6) is 1.16. The molecule has 1 amide bonds. The van der Waals surface area contributed by atoms with Gasteiger partial charge in [-0.15, -0.1) is 11.8 Å². The van der Waals surface area contributed by atoms with Crippen molar-refractivity contribution in [3.05, 3.63) is 27.8 Å². The molecule has 0 bridgehead atoms. The van der Waals surface area contributed by atoms with Crippen LogP contribution in [0.2, 0.25) is 0 Å². The van der Waals surface area contributed by atoms with Crippen LogP contribution in [0.1, 0.15) is 36.0 Å². The Balaban J connectivity index is 1.89. The van der Waals surface area contributed by atoms with E-state index in [1.54, 1.807) is 6.07 Å². The highest BCUT2D eigenvalue weighted by Gasteiger charge is 2.42. The Kier molecular flexibility index (Phi) is 4.48. The highest BCUT2D eigenvalue weighted by atomic mass is 32.2. The number of benzene rings is 1. The summed E-state index contributed by atoms with van der Waals surface area (Å²) in [6, 6.07) is 3.07. The van der Waals surface area contributed by atoms with Crippen LogP contribution in [-0.2, 0) is 0 Å². The van der Waals surface area contributed by atoms with Gasteiger partial charge in [0.25, 0.3) is 11.6 Å². The molecule has 2 aliphatic carbocycles. The zero-order valence-corrected chi connectivity index (χ0v) is 14.0. The lowest BCUT2D eigenvalue weighted by atomic mass is 10.1. The average molecular weight is 336 g/mol. The second-order valence-corrected chi connectivity index (χ2v) is 7.00. The molecule has 0 saturated heterocycles. The van der Waals surface area contributed by atoms with E-state index in [1.165, 1.54) is 24.9 Å². The first-order valence-electron chi connectivity index (χ1n) is 7.76. The van der Waals surface area contributed by atoms with E-state index in [2.05, 4.69) is 5.32 Å². The monoisotopic (exact) mass is 336 g/mol. The van der Waals surface area contributed by atoms with Gasteiger partial charge in [0.05, 0.1) is 23.0 Å². The Bertz CT molecular complexity index is 629. The summed E-state index contributed by atoms with van der Waals surface area (Å²) in [6.45, 7) is 0. The summed E-state index contributed by atoms with van der Waals surface area (Å²) in [6.07, 6.45) is 6.41. The second-order valence-electron chi connectivity index (χ2n) is 6.16. The number of nitrogens with one attached hydrogen (secondary N) is 1. The normalized spacial score (nSPS) is 17.2. The number of rotatable bonds is 7. The smallest absolute Gasteiger partial charge is 0.285 e. The summed E-state index contributed by atoms with van der Waals surface area (Å²) in [5, 5.41) is 14.4. The Morgan fingerprint density at radius 3 is 2.39 bits per heavy atom. The first-order chi connectivity index (χ1) is 11.0. The predicted octanol–water partition coefficient (Wildman–Crippen LogP) is 3.24. The number of amides is 1. The van der Waals surface area contributed by atoms with Crippen LogP contribution in [0.4, 0.5) is 5.69 Å². The molecule has 23 heavy (non-hydrogen) atoms. The van der Waals surface area contributed by atoms with Gasteiger partial charge in [-0.1, -0.05) is 0 Å². The topological polar surface area (TPSA) is 81.5 Å². The van der Waals surface area contributed by atoms with Crippen molar-refractivity contribution < 1.29 is 14.5 Å².